The zero-order chi connectivity index (χ0) is 19.8. The molecule has 0 aromatic heterocycles. The van der Waals surface area contributed by atoms with Crippen LogP contribution in [-0.2, 0) is 4.74 Å². The molecule has 1 heterocycles. The number of aliphatic imine (C=N–C) groups is 1. The Morgan fingerprint density at radius 1 is 1.21 bits per heavy atom. The number of ether oxygens (including phenoxy) is 2. The molecule has 1 saturated heterocycles. The van der Waals surface area contributed by atoms with Crippen LogP contribution in [0.1, 0.15) is 30.1 Å². The van der Waals surface area contributed by atoms with E-state index in [0.717, 1.165) is 30.9 Å². The molecule has 2 N–H and O–H groups in total. The molecule has 1 amide bonds. The van der Waals surface area contributed by atoms with Gasteiger partial charge in [0.25, 0.3) is 5.91 Å². The molecule has 2 aromatic carbocycles. The highest BCUT2D eigenvalue weighted by molar-refractivity contribution is 6.30. The number of carbonyl (C=O) groups is 1. The summed E-state index contributed by atoms with van der Waals surface area (Å²) in [4.78, 5) is 17.1. The van der Waals surface area contributed by atoms with Crippen molar-refractivity contribution in [3.63, 3.8) is 0 Å². The summed E-state index contributed by atoms with van der Waals surface area (Å²) in [5, 5.41) is 6.58. The van der Waals surface area contributed by atoms with Crippen molar-refractivity contribution in [2.24, 2.45) is 4.99 Å². The SMILES string of the molecule is CCOc1ccc(NC(=NCC2CCCO2)NC(=O)c2ccc(Cl)cc2)cc1. The minimum Gasteiger partial charge on any atom is -0.494 e. The molecule has 1 aliphatic heterocycles. The summed E-state index contributed by atoms with van der Waals surface area (Å²) in [6, 6.07) is 14.2. The molecular weight excluding hydrogens is 378 g/mol. The third-order valence-corrected chi connectivity index (χ3v) is 4.50. The molecule has 6 nitrogen and oxygen atoms in total. The van der Waals surface area contributed by atoms with Crippen LogP contribution >= 0.6 is 11.6 Å². The molecule has 0 spiro atoms. The van der Waals surface area contributed by atoms with Crippen LogP contribution in [0.5, 0.6) is 5.75 Å². The lowest BCUT2D eigenvalue weighted by Crippen LogP contribution is -2.36. The highest BCUT2D eigenvalue weighted by atomic mass is 35.5. The van der Waals surface area contributed by atoms with E-state index in [-0.39, 0.29) is 12.0 Å². The second kappa shape index (κ2) is 10.1. The minimum atomic E-state index is -0.263. The number of nitrogens with zero attached hydrogens (tertiary/aromatic N) is 1. The van der Waals surface area contributed by atoms with Crippen molar-refractivity contribution in [2.75, 3.05) is 25.1 Å². The van der Waals surface area contributed by atoms with Crippen molar-refractivity contribution in [1.29, 1.82) is 0 Å². The predicted molar refractivity (Wildman–Crippen MR) is 111 cm³/mol. The number of benzene rings is 2. The van der Waals surface area contributed by atoms with Gasteiger partial charge in [-0.3, -0.25) is 10.1 Å². The smallest absolute Gasteiger partial charge is 0.257 e. The summed E-state index contributed by atoms with van der Waals surface area (Å²) in [6.45, 7) is 3.80. The molecule has 0 radical (unpaired) electrons. The lowest BCUT2D eigenvalue weighted by molar-refractivity contribution is 0.0975. The first-order chi connectivity index (χ1) is 13.6. The number of hydrogen-bond donors (Lipinski definition) is 2. The fourth-order valence-electron chi connectivity index (χ4n) is 2.81. The van der Waals surface area contributed by atoms with Gasteiger partial charge in [-0.15, -0.1) is 0 Å². The number of guanidine groups is 1. The number of hydrogen-bond acceptors (Lipinski definition) is 4. The standard InChI is InChI=1S/C21H24ClN3O3/c1-2-27-18-11-9-17(10-12-18)24-21(23-14-19-4-3-13-28-19)25-20(26)15-5-7-16(22)8-6-15/h5-12,19H,2-4,13-14H2,1H3,(H2,23,24,25,26). The molecule has 0 bridgehead atoms. The van der Waals surface area contributed by atoms with Crippen molar-refractivity contribution < 1.29 is 14.3 Å². The maximum Gasteiger partial charge on any atom is 0.257 e. The monoisotopic (exact) mass is 401 g/mol. The molecule has 148 valence electrons. The Kier molecular flexibility index (Phi) is 7.28. The molecule has 1 aliphatic rings. The number of anilines is 1. The molecular formula is C21H24ClN3O3. The second-order valence-corrected chi connectivity index (χ2v) is 6.80. The van der Waals surface area contributed by atoms with Gasteiger partial charge >= 0.3 is 0 Å². The van der Waals surface area contributed by atoms with Crippen LogP contribution in [0.2, 0.25) is 5.02 Å². The number of halogens is 1. The van der Waals surface area contributed by atoms with Crippen LogP contribution in [0.25, 0.3) is 0 Å². The van der Waals surface area contributed by atoms with Crippen molar-refractivity contribution in [3.05, 3.63) is 59.1 Å². The first-order valence-corrected chi connectivity index (χ1v) is 9.74. The van der Waals surface area contributed by atoms with Crippen LogP contribution in [0.3, 0.4) is 0 Å². The van der Waals surface area contributed by atoms with Crippen LogP contribution in [0.4, 0.5) is 5.69 Å². The third-order valence-electron chi connectivity index (χ3n) is 4.24. The van der Waals surface area contributed by atoms with Crippen LogP contribution < -0.4 is 15.4 Å². The molecule has 0 aliphatic carbocycles. The number of carbonyl (C=O) groups excluding carboxylic acids is 1. The van der Waals surface area contributed by atoms with Gasteiger partial charge in [-0.2, -0.15) is 0 Å². The maximum atomic E-state index is 12.6. The topological polar surface area (TPSA) is 71.9 Å². The summed E-state index contributed by atoms with van der Waals surface area (Å²) < 4.78 is 11.1. The lowest BCUT2D eigenvalue weighted by atomic mass is 10.2. The summed E-state index contributed by atoms with van der Waals surface area (Å²) >= 11 is 5.90. The van der Waals surface area contributed by atoms with E-state index in [1.165, 1.54) is 0 Å². The molecule has 1 fully saturated rings. The van der Waals surface area contributed by atoms with Gasteiger partial charge < -0.3 is 14.8 Å². The Morgan fingerprint density at radius 3 is 2.61 bits per heavy atom. The first-order valence-electron chi connectivity index (χ1n) is 9.37. The van der Waals surface area contributed by atoms with Crippen LogP contribution in [0, 0.1) is 0 Å². The number of rotatable bonds is 6. The van der Waals surface area contributed by atoms with Gasteiger partial charge in [-0.1, -0.05) is 11.6 Å². The summed E-state index contributed by atoms with van der Waals surface area (Å²) in [6.07, 6.45) is 2.11. The van der Waals surface area contributed by atoms with E-state index in [4.69, 9.17) is 21.1 Å². The average Bonchev–Trinajstić information content (AvgIpc) is 3.22. The predicted octanol–water partition coefficient (Wildman–Crippen LogP) is 4.12. The van der Waals surface area contributed by atoms with Gasteiger partial charge in [0.2, 0.25) is 5.96 Å². The van der Waals surface area contributed by atoms with Gasteiger partial charge in [0.05, 0.1) is 19.3 Å². The van der Waals surface area contributed by atoms with Crippen molar-refractivity contribution in [1.82, 2.24) is 5.32 Å². The lowest BCUT2D eigenvalue weighted by Gasteiger charge is -2.14. The molecule has 1 unspecified atom stereocenters. The van der Waals surface area contributed by atoms with Gasteiger partial charge in [0, 0.05) is 22.9 Å². The summed E-state index contributed by atoms with van der Waals surface area (Å²) in [5.41, 5.74) is 1.30. The molecule has 2 aromatic rings. The van der Waals surface area contributed by atoms with Gasteiger partial charge in [0.1, 0.15) is 5.75 Å². The highest BCUT2D eigenvalue weighted by Gasteiger charge is 2.16. The molecule has 7 heteroatoms. The van der Waals surface area contributed by atoms with E-state index in [2.05, 4.69) is 15.6 Å². The molecule has 28 heavy (non-hydrogen) atoms. The zero-order valence-corrected chi connectivity index (χ0v) is 16.5. The highest BCUT2D eigenvalue weighted by Crippen LogP contribution is 2.16. The first kappa shape index (κ1) is 20.2. The maximum absolute atomic E-state index is 12.6. The number of amides is 1. The van der Waals surface area contributed by atoms with Crippen molar-refractivity contribution in [3.8, 4) is 5.75 Å². The molecule has 3 rings (SSSR count). The second-order valence-electron chi connectivity index (χ2n) is 6.37. The van der Waals surface area contributed by atoms with Crippen LogP contribution in [0.15, 0.2) is 53.5 Å². The van der Waals surface area contributed by atoms with E-state index < -0.39 is 0 Å². The molecule has 0 saturated carbocycles. The van der Waals surface area contributed by atoms with E-state index in [0.29, 0.717) is 29.7 Å². The Morgan fingerprint density at radius 2 is 1.96 bits per heavy atom. The quantitative estimate of drug-likeness (QED) is 0.564. The fourth-order valence-corrected chi connectivity index (χ4v) is 2.94. The average molecular weight is 402 g/mol. The number of nitrogens with one attached hydrogen (secondary N) is 2. The summed E-state index contributed by atoms with van der Waals surface area (Å²) in [7, 11) is 0. The largest absolute Gasteiger partial charge is 0.494 e. The molecule has 1 atom stereocenters. The Balaban J connectivity index is 1.71. The van der Waals surface area contributed by atoms with E-state index in [1.807, 2.05) is 31.2 Å². The fraction of sp³-hybridized carbons (Fsp3) is 0.333. The van der Waals surface area contributed by atoms with E-state index in [9.17, 15) is 4.79 Å². The van der Waals surface area contributed by atoms with Crippen molar-refractivity contribution in [2.45, 2.75) is 25.9 Å². The Hall–Kier alpha value is -2.57. The van der Waals surface area contributed by atoms with Crippen LogP contribution in [-0.4, -0.2) is 37.7 Å². The van der Waals surface area contributed by atoms with Gasteiger partial charge in [-0.05, 0) is 68.3 Å². The van der Waals surface area contributed by atoms with E-state index in [1.54, 1.807) is 24.3 Å². The van der Waals surface area contributed by atoms with E-state index >= 15 is 0 Å². The van der Waals surface area contributed by atoms with Gasteiger partial charge in [0.15, 0.2) is 0 Å². The Bertz CT molecular complexity index is 801. The van der Waals surface area contributed by atoms with Gasteiger partial charge in [-0.25, -0.2) is 4.99 Å². The van der Waals surface area contributed by atoms with Crippen molar-refractivity contribution >= 4 is 29.2 Å². The Labute approximate surface area is 169 Å². The zero-order valence-electron chi connectivity index (χ0n) is 15.8. The summed E-state index contributed by atoms with van der Waals surface area (Å²) in [5.74, 6) is 0.900. The normalized spacial score (nSPS) is 16.6. The third kappa shape index (κ3) is 5.97. The minimum absolute atomic E-state index is 0.0876.